The van der Waals surface area contributed by atoms with E-state index in [9.17, 15) is 24.3 Å². The minimum atomic E-state index is -2.25. The molecule has 262 valence electrons. The summed E-state index contributed by atoms with van der Waals surface area (Å²) in [5.74, 6) is -7.42. The summed E-state index contributed by atoms with van der Waals surface area (Å²) in [7, 11) is 0. The Morgan fingerprint density at radius 1 is 1.06 bits per heavy atom. The number of pyridine rings is 1. The molecule has 4 rings (SSSR count). The molecule has 12 heteroatoms. The van der Waals surface area contributed by atoms with Crippen LogP contribution in [0.2, 0.25) is 0 Å². The predicted molar refractivity (Wildman–Crippen MR) is 171 cm³/mol. The fraction of sp³-hybridized carbons (Fsp3) is 0.611. The molecule has 1 aromatic heterocycles. The number of ketones is 1. The maximum Gasteiger partial charge on any atom is 0.339 e. The number of rotatable bonds is 11. The molecule has 0 spiro atoms. The lowest BCUT2D eigenvalue weighted by Gasteiger charge is -2.56. The van der Waals surface area contributed by atoms with Crippen molar-refractivity contribution in [1.29, 1.82) is 0 Å². The van der Waals surface area contributed by atoms with E-state index in [2.05, 4.69) is 11.6 Å². The topological polar surface area (TPSA) is 165 Å². The Bertz CT molecular complexity index is 1460. The summed E-state index contributed by atoms with van der Waals surface area (Å²) < 4.78 is 30.7. The van der Waals surface area contributed by atoms with Crippen molar-refractivity contribution >= 4 is 29.7 Å². The average molecular weight is 670 g/mol. The molecule has 0 amide bonds. The van der Waals surface area contributed by atoms with Gasteiger partial charge in [-0.3, -0.25) is 24.2 Å². The Labute approximate surface area is 281 Å². The summed E-state index contributed by atoms with van der Waals surface area (Å²) in [6.07, 6.45) is 3.79. The summed E-state index contributed by atoms with van der Waals surface area (Å²) in [6.45, 7) is 14.3. The van der Waals surface area contributed by atoms with Gasteiger partial charge >= 0.3 is 23.9 Å². The summed E-state index contributed by atoms with van der Waals surface area (Å²) in [6, 6.07) is 3.09. The summed E-state index contributed by atoms with van der Waals surface area (Å²) >= 11 is 0. The van der Waals surface area contributed by atoms with Crippen molar-refractivity contribution < 1.29 is 52.8 Å². The van der Waals surface area contributed by atoms with Crippen LogP contribution >= 0.6 is 0 Å². The van der Waals surface area contributed by atoms with E-state index in [0.29, 0.717) is 12.0 Å². The highest BCUT2D eigenvalue weighted by Crippen LogP contribution is 2.63. The number of carbonyl (C=O) groups is 5. The molecule has 0 saturated heterocycles. The number of aliphatic hydroxyl groups is 1. The molecule has 0 aromatic carbocycles. The third kappa shape index (κ3) is 6.56. The Balaban J connectivity index is 2.14. The number of nitrogens with zero attached hydrogens (tertiary/aromatic N) is 1. The van der Waals surface area contributed by atoms with Crippen molar-refractivity contribution in [3.05, 3.63) is 54.4 Å². The predicted octanol–water partition coefficient (Wildman–Crippen LogP) is 3.94. The largest absolute Gasteiger partial charge is 0.462 e. The number of fused-ring (bicyclic) bond motifs is 2. The SMILES string of the molecule is C=C(C)[C@H]1C=C[C@@H](OC(C)=O)[C@@]2(COC(=O)c3cccnc3)[C@H](OCCCC)[C@H]3[C@@H](OC(C)=O)[C@@H](C)C[C@]3(O)C(=O)[C@@](C)(OC(C)=O)[C@H]12. The fourth-order valence-corrected chi connectivity index (χ4v) is 8.35. The van der Waals surface area contributed by atoms with Crippen LogP contribution in [0.3, 0.4) is 0 Å². The third-order valence-electron chi connectivity index (χ3n) is 10.0. The molecule has 0 aliphatic heterocycles. The van der Waals surface area contributed by atoms with Gasteiger partial charge < -0.3 is 28.8 Å². The van der Waals surface area contributed by atoms with Crippen molar-refractivity contribution in [1.82, 2.24) is 4.98 Å². The normalized spacial score (nSPS) is 35.4. The molecule has 3 aliphatic rings. The Kier molecular flexibility index (Phi) is 11.0. The summed E-state index contributed by atoms with van der Waals surface area (Å²) in [5, 5.41) is 12.7. The zero-order valence-corrected chi connectivity index (χ0v) is 28.7. The average Bonchev–Trinajstić information content (AvgIpc) is 3.23. The van der Waals surface area contributed by atoms with Crippen LogP contribution < -0.4 is 0 Å². The van der Waals surface area contributed by atoms with Crippen LogP contribution in [0.1, 0.15) is 78.1 Å². The molecule has 12 nitrogen and oxygen atoms in total. The van der Waals surface area contributed by atoms with Gasteiger partial charge in [0, 0.05) is 51.6 Å². The second kappa shape index (κ2) is 14.3. The lowest BCUT2D eigenvalue weighted by Crippen LogP contribution is -2.66. The van der Waals surface area contributed by atoms with Crippen molar-refractivity contribution in [3.8, 4) is 0 Å². The van der Waals surface area contributed by atoms with Crippen molar-refractivity contribution in [3.63, 3.8) is 0 Å². The minimum Gasteiger partial charge on any atom is -0.462 e. The molecule has 0 bridgehead atoms. The van der Waals surface area contributed by atoms with E-state index >= 15 is 4.79 Å². The summed E-state index contributed by atoms with van der Waals surface area (Å²) in [4.78, 5) is 71.0. The number of allylic oxidation sites excluding steroid dienone is 2. The van der Waals surface area contributed by atoms with Crippen molar-refractivity contribution in [2.24, 2.45) is 29.1 Å². The van der Waals surface area contributed by atoms with E-state index in [1.807, 2.05) is 6.92 Å². The van der Waals surface area contributed by atoms with Crippen LogP contribution in [0.5, 0.6) is 0 Å². The van der Waals surface area contributed by atoms with Gasteiger partial charge in [0.15, 0.2) is 5.60 Å². The fourth-order valence-electron chi connectivity index (χ4n) is 8.35. The van der Waals surface area contributed by atoms with Gasteiger partial charge in [0.2, 0.25) is 5.78 Å². The van der Waals surface area contributed by atoms with Crippen LogP contribution in [0.15, 0.2) is 48.8 Å². The first-order chi connectivity index (χ1) is 22.5. The molecule has 1 heterocycles. The maximum absolute atomic E-state index is 15.1. The second-order valence-corrected chi connectivity index (χ2v) is 13.6. The van der Waals surface area contributed by atoms with Crippen LogP contribution in [0.4, 0.5) is 0 Å². The third-order valence-corrected chi connectivity index (χ3v) is 10.0. The molecular formula is C36H47NO11. The molecule has 2 saturated carbocycles. The monoisotopic (exact) mass is 669 g/mol. The number of carbonyl (C=O) groups excluding carboxylic acids is 5. The quantitative estimate of drug-likeness (QED) is 0.156. The number of Topliss-reactive ketones (excluding diaryl/α,β-unsaturated/α-hetero) is 1. The van der Waals surface area contributed by atoms with Crippen LogP contribution in [0, 0.1) is 29.1 Å². The van der Waals surface area contributed by atoms with Gasteiger partial charge in [-0.05, 0) is 50.8 Å². The highest BCUT2D eigenvalue weighted by atomic mass is 16.6. The summed E-state index contributed by atoms with van der Waals surface area (Å²) in [5.41, 5.74) is -5.38. The van der Waals surface area contributed by atoms with Gasteiger partial charge in [-0.15, -0.1) is 0 Å². The van der Waals surface area contributed by atoms with Gasteiger partial charge in [0.05, 0.1) is 23.0 Å². The smallest absolute Gasteiger partial charge is 0.339 e. The molecule has 2 fully saturated rings. The van der Waals surface area contributed by atoms with Gasteiger partial charge in [-0.1, -0.05) is 38.5 Å². The molecule has 1 aromatic rings. The van der Waals surface area contributed by atoms with Crippen LogP contribution in [-0.2, 0) is 42.9 Å². The Morgan fingerprint density at radius 3 is 2.31 bits per heavy atom. The van der Waals surface area contributed by atoms with Crippen LogP contribution in [0.25, 0.3) is 0 Å². The highest BCUT2D eigenvalue weighted by molar-refractivity contribution is 5.98. The number of unbranched alkanes of at least 4 members (excludes halogenated alkanes) is 1. The van der Waals surface area contributed by atoms with Gasteiger partial charge in [-0.25, -0.2) is 4.79 Å². The standard InChI is InChI=1S/C36H47NO11/c1-9-10-16-44-31-28-29(47-23(6)39)21(4)17-36(28,43)33(42)34(8,48-24(7)40)30-26(20(2)3)13-14-27(46-22(5)38)35(30,31)19-45-32(41)25-12-11-15-37-18-25/h11-15,18,21,26-31,43H,2,9-10,16-17,19H2,1,3-8H3/t21-,26+,27+,28+,29-,30-,31+,34-,35+,36+/m0/s1. The van der Waals surface area contributed by atoms with Crippen LogP contribution in [-0.4, -0.2) is 82.5 Å². The zero-order chi connectivity index (χ0) is 35.6. The number of hydrogen-bond donors (Lipinski definition) is 1. The molecule has 0 radical (unpaired) electrons. The van der Waals surface area contributed by atoms with Gasteiger partial charge in [0.25, 0.3) is 0 Å². The van der Waals surface area contributed by atoms with E-state index in [4.69, 9.17) is 23.7 Å². The molecule has 48 heavy (non-hydrogen) atoms. The van der Waals surface area contributed by atoms with E-state index in [1.54, 1.807) is 32.1 Å². The number of ether oxygens (including phenoxy) is 5. The molecule has 10 atom stereocenters. The minimum absolute atomic E-state index is 0.132. The number of esters is 4. The zero-order valence-electron chi connectivity index (χ0n) is 28.7. The van der Waals surface area contributed by atoms with E-state index in [-0.39, 0.29) is 18.6 Å². The Hall–Kier alpha value is -3.90. The molecule has 3 aliphatic carbocycles. The van der Waals surface area contributed by atoms with E-state index in [0.717, 1.165) is 13.3 Å². The highest BCUT2D eigenvalue weighted by Gasteiger charge is 2.77. The van der Waals surface area contributed by atoms with Gasteiger partial charge in [0.1, 0.15) is 24.4 Å². The molecule has 0 unspecified atom stereocenters. The lowest BCUT2D eigenvalue weighted by atomic mass is 9.53. The lowest BCUT2D eigenvalue weighted by molar-refractivity contribution is -0.224. The van der Waals surface area contributed by atoms with Crippen molar-refractivity contribution in [2.45, 2.75) is 97.2 Å². The number of aromatic nitrogens is 1. The number of hydrogen-bond acceptors (Lipinski definition) is 12. The molecule has 1 N–H and O–H groups in total. The van der Waals surface area contributed by atoms with E-state index < -0.39 is 94.9 Å². The first-order valence-corrected chi connectivity index (χ1v) is 16.4. The first-order valence-electron chi connectivity index (χ1n) is 16.4. The second-order valence-electron chi connectivity index (χ2n) is 13.6. The first kappa shape index (κ1) is 36.9. The molecular weight excluding hydrogens is 622 g/mol. The van der Waals surface area contributed by atoms with Gasteiger partial charge in [-0.2, -0.15) is 0 Å². The van der Waals surface area contributed by atoms with E-state index in [1.165, 1.54) is 39.2 Å². The maximum atomic E-state index is 15.1. The Morgan fingerprint density at radius 2 is 1.75 bits per heavy atom. The van der Waals surface area contributed by atoms with Crippen molar-refractivity contribution in [2.75, 3.05) is 13.2 Å².